The van der Waals surface area contributed by atoms with Gasteiger partial charge in [-0.15, -0.1) is 0 Å². The van der Waals surface area contributed by atoms with Crippen LogP contribution in [-0.4, -0.2) is 24.1 Å². The lowest BCUT2D eigenvalue weighted by Gasteiger charge is -2.22. The third kappa shape index (κ3) is 3.34. The van der Waals surface area contributed by atoms with Crippen molar-refractivity contribution in [1.82, 2.24) is 16.0 Å². The lowest BCUT2D eigenvalue weighted by Crippen LogP contribution is -2.51. The summed E-state index contributed by atoms with van der Waals surface area (Å²) in [6.45, 7) is 5.29. The van der Waals surface area contributed by atoms with Crippen LogP contribution >= 0.6 is 0 Å². The molecule has 0 aliphatic carbocycles. The molecule has 1 rings (SSSR count). The average molecular weight is 207 g/mol. The topological polar surface area (TPSA) is 44.4 Å². The summed E-state index contributed by atoms with van der Waals surface area (Å²) in [7, 11) is 0. The van der Waals surface area contributed by atoms with Gasteiger partial charge in [-0.25, -0.2) is 16.0 Å². The number of carbonyl (C=O) groups excluding carboxylic acids is 1. The lowest BCUT2D eigenvalue weighted by atomic mass is 10.2. The van der Waals surface area contributed by atoms with Crippen LogP contribution in [0.2, 0.25) is 0 Å². The quantitative estimate of drug-likeness (QED) is 0.713. The van der Waals surface area contributed by atoms with E-state index in [1.165, 1.54) is 5.12 Å². The van der Waals surface area contributed by atoms with E-state index < -0.39 is 0 Å². The van der Waals surface area contributed by atoms with Crippen molar-refractivity contribution in [1.29, 1.82) is 0 Å². The van der Waals surface area contributed by atoms with Crippen LogP contribution in [0.3, 0.4) is 0 Å². The first-order valence-corrected chi connectivity index (χ1v) is 5.16. The molecule has 0 bridgehead atoms. The Morgan fingerprint density at radius 3 is 2.13 bits per heavy atom. The summed E-state index contributed by atoms with van der Waals surface area (Å²) in [5.41, 5.74) is 6.58. The summed E-state index contributed by atoms with van der Waals surface area (Å²) in [5, 5.41) is 1.43. The maximum Gasteiger partial charge on any atom is 0.282 e. The van der Waals surface area contributed by atoms with Gasteiger partial charge in [-0.2, -0.15) is 0 Å². The molecule has 15 heavy (non-hydrogen) atoms. The molecule has 0 fully saturated rings. The van der Waals surface area contributed by atoms with E-state index in [-0.39, 0.29) is 5.91 Å². The molecule has 0 aliphatic heterocycles. The van der Waals surface area contributed by atoms with Gasteiger partial charge < -0.3 is 0 Å². The summed E-state index contributed by atoms with van der Waals surface area (Å²) < 4.78 is 0. The van der Waals surface area contributed by atoms with Gasteiger partial charge in [-0.1, -0.05) is 32.0 Å². The predicted octanol–water partition coefficient (Wildman–Crippen LogP) is 1.18. The molecule has 4 nitrogen and oxygen atoms in total. The van der Waals surface area contributed by atoms with Crippen molar-refractivity contribution in [2.24, 2.45) is 0 Å². The third-order valence-corrected chi connectivity index (χ3v) is 1.86. The zero-order chi connectivity index (χ0) is 11.1. The monoisotopic (exact) mass is 207 g/mol. The Kier molecular flexibility index (Phi) is 4.80. The van der Waals surface area contributed by atoms with E-state index in [0.717, 1.165) is 0 Å². The fraction of sp³-hybridized carbons (Fsp3) is 0.364. The van der Waals surface area contributed by atoms with E-state index in [0.29, 0.717) is 18.7 Å². The minimum atomic E-state index is -0.0701. The minimum absolute atomic E-state index is 0.0701. The largest absolute Gasteiger partial charge is 0.282 e. The van der Waals surface area contributed by atoms with E-state index in [9.17, 15) is 4.79 Å². The molecule has 0 aliphatic rings. The van der Waals surface area contributed by atoms with Crippen molar-refractivity contribution in [3.8, 4) is 0 Å². The van der Waals surface area contributed by atoms with E-state index in [1.807, 2.05) is 32.0 Å². The second-order valence-electron chi connectivity index (χ2n) is 3.03. The van der Waals surface area contributed by atoms with Crippen molar-refractivity contribution in [2.45, 2.75) is 13.8 Å². The molecule has 0 saturated carbocycles. The number of nitrogens with zero attached hydrogens (tertiary/aromatic N) is 1. The molecule has 0 saturated heterocycles. The molecule has 1 aromatic carbocycles. The van der Waals surface area contributed by atoms with E-state index >= 15 is 0 Å². The van der Waals surface area contributed by atoms with Crippen molar-refractivity contribution >= 4 is 5.91 Å². The Labute approximate surface area is 90.2 Å². The SMILES string of the molecule is CCNN(NCC)C(=O)c1ccccc1. The standard InChI is InChI=1S/C11H17N3O/c1-3-12-14(13-4-2)11(15)10-8-6-5-7-9-10/h5-9,12-13H,3-4H2,1-2H3. The fourth-order valence-corrected chi connectivity index (χ4v) is 1.23. The number of nitrogens with one attached hydrogen (secondary N) is 2. The van der Waals surface area contributed by atoms with Gasteiger partial charge in [0.15, 0.2) is 0 Å². The summed E-state index contributed by atoms with van der Waals surface area (Å²) in [5.74, 6) is -0.0701. The van der Waals surface area contributed by atoms with Gasteiger partial charge in [0.25, 0.3) is 5.91 Å². The lowest BCUT2D eigenvalue weighted by molar-refractivity contribution is 0.0527. The molecular weight excluding hydrogens is 190 g/mol. The zero-order valence-electron chi connectivity index (χ0n) is 9.16. The molecule has 0 atom stereocenters. The van der Waals surface area contributed by atoms with Gasteiger partial charge >= 0.3 is 0 Å². The summed E-state index contributed by atoms with van der Waals surface area (Å²) in [6, 6.07) is 9.18. The Morgan fingerprint density at radius 1 is 1.13 bits per heavy atom. The highest BCUT2D eigenvalue weighted by atomic mass is 16.2. The number of hydrazine groups is 2. The molecule has 1 amide bonds. The zero-order valence-corrected chi connectivity index (χ0v) is 9.16. The second kappa shape index (κ2) is 6.16. The highest BCUT2D eigenvalue weighted by Gasteiger charge is 2.12. The molecule has 0 unspecified atom stereocenters. The highest BCUT2D eigenvalue weighted by molar-refractivity contribution is 5.93. The number of hydrogen-bond donors (Lipinski definition) is 2. The number of amides is 1. The molecule has 82 valence electrons. The van der Waals surface area contributed by atoms with Crippen molar-refractivity contribution in [3.63, 3.8) is 0 Å². The molecule has 0 aromatic heterocycles. The first kappa shape index (κ1) is 11.7. The van der Waals surface area contributed by atoms with Gasteiger partial charge in [0.05, 0.1) is 0 Å². The van der Waals surface area contributed by atoms with Crippen LogP contribution < -0.4 is 10.9 Å². The molecule has 2 N–H and O–H groups in total. The number of hydrogen-bond acceptors (Lipinski definition) is 3. The predicted molar refractivity (Wildman–Crippen MR) is 60.0 cm³/mol. The van der Waals surface area contributed by atoms with Crippen LogP contribution in [0.4, 0.5) is 0 Å². The summed E-state index contributed by atoms with van der Waals surface area (Å²) in [4.78, 5) is 11.9. The average Bonchev–Trinajstić information content (AvgIpc) is 2.29. The number of benzene rings is 1. The second-order valence-corrected chi connectivity index (χ2v) is 3.03. The summed E-state index contributed by atoms with van der Waals surface area (Å²) in [6.07, 6.45) is 0. The van der Waals surface area contributed by atoms with Crippen LogP contribution in [0.15, 0.2) is 30.3 Å². The Bertz CT molecular complexity index is 294. The molecular formula is C11H17N3O. The summed E-state index contributed by atoms with van der Waals surface area (Å²) >= 11 is 0. The Hall–Kier alpha value is -1.39. The van der Waals surface area contributed by atoms with E-state index in [1.54, 1.807) is 12.1 Å². The van der Waals surface area contributed by atoms with Crippen LogP contribution in [0, 0.1) is 0 Å². The molecule has 1 aromatic rings. The maximum absolute atomic E-state index is 11.9. The van der Waals surface area contributed by atoms with Gasteiger partial charge in [-0.3, -0.25) is 4.79 Å². The Morgan fingerprint density at radius 2 is 1.67 bits per heavy atom. The fourth-order valence-electron chi connectivity index (χ4n) is 1.23. The van der Waals surface area contributed by atoms with Gasteiger partial charge in [0.1, 0.15) is 0 Å². The van der Waals surface area contributed by atoms with E-state index in [2.05, 4.69) is 10.9 Å². The van der Waals surface area contributed by atoms with Gasteiger partial charge in [-0.05, 0) is 12.1 Å². The van der Waals surface area contributed by atoms with E-state index in [4.69, 9.17) is 0 Å². The highest BCUT2D eigenvalue weighted by Crippen LogP contribution is 2.00. The maximum atomic E-state index is 11.9. The van der Waals surface area contributed by atoms with Crippen LogP contribution in [0.1, 0.15) is 24.2 Å². The molecule has 4 heteroatoms. The van der Waals surface area contributed by atoms with Crippen molar-refractivity contribution < 1.29 is 4.79 Å². The smallest absolute Gasteiger partial charge is 0.266 e. The Balaban J connectivity index is 2.71. The first-order valence-electron chi connectivity index (χ1n) is 5.16. The van der Waals surface area contributed by atoms with Crippen molar-refractivity contribution in [3.05, 3.63) is 35.9 Å². The van der Waals surface area contributed by atoms with Crippen LogP contribution in [0.5, 0.6) is 0 Å². The van der Waals surface area contributed by atoms with Crippen LogP contribution in [0.25, 0.3) is 0 Å². The first-order chi connectivity index (χ1) is 7.29. The molecule has 0 radical (unpaired) electrons. The molecule has 0 spiro atoms. The van der Waals surface area contributed by atoms with Crippen molar-refractivity contribution in [2.75, 3.05) is 13.1 Å². The molecule has 0 heterocycles. The minimum Gasteiger partial charge on any atom is -0.266 e. The van der Waals surface area contributed by atoms with Crippen LogP contribution in [-0.2, 0) is 0 Å². The third-order valence-electron chi connectivity index (χ3n) is 1.86. The van der Waals surface area contributed by atoms with Gasteiger partial charge in [0.2, 0.25) is 0 Å². The van der Waals surface area contributed by atoms with Gasteiger partial charge in [0, 0.05) is 18.7 Å². The number of carbonyl (C=O) groups is 1. The normalized spacial score (nSPS) is 10.0. The number of rotatable bonds is 5.